The van der Waals surface area contributed by atoms with Crippen LogP contribution in [-0.2, 0) is 0 Å². The molecule has 16 heavy (non-hydrogen) atoms. The Bertz CT molecular complexity index is 442. The number of ether oxygens (including phenoxy) is 1. The maximum absolute atomic E-state index is 11.2. The maximum atomic E-state index is 11.2. The van der Waals surface area contributed by atoms with E-state index in [9.17, 15) is 4.79 Å². The van der Waals surface area contributed by atoms with Gasteiger partial charge in [0.1, 0.15) is 12.0 Å². The second kappa shape index (κ2) is 4.83. The highest BCUT2D eigenvalue weighted by molar-refractivity contribution is 5.71. The highest BCUT2D eigenvalue weighted by atomic mass is 16.6. The van der Waals surface area contributed by atoms with Crippen molar-refractivity contribution in [1.29, 1.82) is 0 Å². The third kappa shape index (κ3) is 2.74. The first-order valence-electron chi connectivity index (χ1n) is 4.53. The summed E-state index contributed by atoms with van der Waals surface area (Å²) >= 11 is 0. The van der Waals surface area contributed by atoms with Gasteiger partial charge in [-0.3, -0.25) is 0 Å². The minimum atomic E-state index is -0.649. The largest absolute Gasteiger partial charge is 0.431 e. The number of oxazole rings is 1. The van der Waals surface area contributed by atoms with Crippen LogP contribution in [0.25, 0.3) is 0 Å². The van der Waals surface area contributed by atoms with E-state index in [4.69, 9.17) is 9.15 Å². The third-order valence-corrected chi connectivity index (χ3v) is 1.66. The van der Waals surface area contributed by atoms with Crippen molar-refractivity contribution in [3.63, 3.8) is 0 Å². The van der Waals surface area contributed by atoms with Gasteiger partial charge in [0.2, 0.25) is 0 Å². The molecule has 2 rings (SSSR count). The Labute approximate surface area is 91.2 Å². The minimum Gasteiger partial charge on any atom is -0.431 e. The molecule has 82 valence electrons. The summed E-state index contributed by atoms with van der Waals surface area (Å²) in [5.41, 5.74) is 4.71. The van der Waals surface area contributed by atoms with Crippen LogP contribution in [-0.4, -0.2) is 11.1 Å². The average Bonchev–Trinajstić information content (AvgIpc) is 2.81. The van der Waals surface area contributed by atoms with Crippen LogP contribution in [0.2, 0.25) is 0 Å². The molecule has 1 aromatic carbocycles. The second-order valence-electron chi connectivity index (χ2n) is 2.79. The van der Waals surface area contributed by atoms with E-state index in [2.05, 4.69) is 15.8 Å². The zero-order valence-corrected chi connectivity index (χ0v) is 8.21. The normalized spacial score (nSPS) is 9.50. The molecule has 1 aromatic heterocycles. The van der Waals surface area contributed by atoms with Crippen LogP contribution in [0.15, 0.2) is 47.2 Å². The van der Waals surface area contributed by atoms with Gasteiger partial charge in [-0.15, -0.1) is 0 Å². The van der Waals surface area contributed by atoms with Gasteiger partial charge in [-0.1, -0.05) is 18.2 Å². The Hall–Kier alpha value is -2.50. The van der Waals surface area contributed by atoms with E-state index in [0.29, 0.717) is 5.75 Å². The fraction of sp³-hybridized carbons (Fsp3) is 0. The molecule has 0 bridgehead atoms. The molecule has 0 spiro atoms. The lowest BCUT2D eigenvalue weighted by atomic mass is 10.3. The van der Waals surface area contributed by atoms with E-state index in [-0.39, 0.29) is 6.01 Å². The van der Waals surface area contributed by atoms with Gasteiger partial charge in [0, 0.05) is 0 Å². The molecule has 2 N–H and O–H groups in total. The van der Waals surface area contributed by atoms with E-state index in [1.54, 1.807) is 24.3 Å². The first kappa shape index (κ1) is 10.0. The number of nitrogens with zero attached hydrogens (tertiary/aromatic N) is 1. The van der Waals surface area contributed by atoms with Gasteiger partial charge in [0.25, 0.3) is 0 Å². The Morgan fingerprint density at radius 3 is 2.81 bits per heavy atom. The number of carbonyl (C=O) groups excluding carboxylic acids is 1. The Balaban J connectivity index is 1.81. The number of hydrogen-bond donors (Lipinski definition) is 2. The van der Waals surface area contributed by atoms with Crippen molar-refractivity contribution in [1.82, 2.24) is 10.4 Å². The van der Waals surface area contributed by atoms with Crippen LogP contribution in [0.4, 0.5) is 10.8 Å². The standard InChI is InChI=1S/C10H9N3O3/c14-10(13-12-9-11-6-7-15-9)16-8-4-2-1-3-5-8/h1-7H,(H,11,12)(H,13,14). The highest BCUT2D eigenvalue weighted by Crippen LogP contribution is 2.08. The number of anilines is 1. The van der Waals surface area contributed by atoms with Crippen molar-refractivity contribution in [2.45, 2.75) is 0 Å². The number of rotatable bonds is 3. The van der Waals surface area contributed by atoms with Crippen LogP contribution in [0.5, 0.6) is 5.75 Å². The quantitative estimate of drug-likeness (QED) is 0.769. The Morgan fingerprint density at radius 2 is 2.12 bits per heavy atom. The Morgan fingerprint density at radius 1 is 1.31 bits per heavy atom. The van der Waals surface area contributed by atoms with Crippen molar-refractivity contribution in [2.24, 2.45) is 0 Å². The van der Waals surface area contributed by atoms with Gasteiger partial charge in [-0.05, 0) is 12.1 Å². The van der Waals surface area contributed by atoms with Crippen molar-refractivity contribution in [2.75, 3.05) is 5.43 Å². The number of nitrogens with one attached hydrogen (secondary N) is 2. The van der Waals surface area contributed by atoms with Gasteiger partial charge in [0.05, 0.1) is 6.20 Å². The topological polar surface area (TPSA) is 76.4 Å². The van der Waals surface area contributed by atoms with E-state index in [0.717, 1.165) is 0 Å². The van der Waals surface area contributed by atoms with Gasteiger partial charge in [-0.25, -0.2) is 20.6 Å². The molecular weight excluding hydrogens is 210 g/mol. The second-order valence-corrected chi connectivity index (χ2v) is 2.79. The van der Waals surface area contributed by atoms with Crippen LogP contribution < -0.4 is 15.6 Å². The van der Waals surface area contributed by atoms with E-state index in [1.807, 2.05) is 6.07 Å². The predicted octanol–water partition coefficient (Wildman–Crippen LogP) is 1.79. The molecule has 0 aliphatic carbocycles. The number of para-hydroxylation sites is 1. The molecule has 0 aliphatic rings. The SMILES string of the molecule is O=C(NNc1ncco1)Oc1ccccc1. The van der Waals surface area contributed by atoms with Crippen LogP contribution in [0.1, 0.15) is 0 Å². The number of aromatic nitrogens is 1. The number of hydrogen-bond acceptors (Lipinski definition) is 5. The lowest BCUT2D eigenvalue weighted by Crippen LogP contribution is -2.32. The monoisotopic (exact) mass is 219 g/mol. The molecule has 6 nitrogen and oxygen atoms in total. The summed E-state index contributed by atoms with van der Waals surface area (Å²) in [4.78, 5) is 15.0. The Kier molecular flexibility index (Phi) is 3.03. The predicted molar refractivity (Wildman–Crippen MR) is 55.7 cm³/mol. The van der Waals surface area contributed by atoms with Crippen molar-refractivity contribution >= 4 is 12.1 Å². The number of hydrazine groups is 1. The fourth-order valence-electron chi connectivity index (χ4n) is 1.01. The molecule has 0 aliphatic heterocycles. The van der Waals surface area contributed by atoms with Crippen molar-refractivity contribution in [3.05, 3.63) is 42.8 Å². The molecular formula is C10H9N3O3. The molecule has 0 atom stereocenters. The number of amides is 1. The molecule has 0 saturated carbocycles. The number of carbonyl (C=O) groups is 1. The third-order valence-electron chi connectivity index (χ3n) is 1.66. The molecule has 0 radical (unpaired) electrons. The summed E-state index contributed by atoms with van der Waals surface area (Å²) in [7, 11) is 0. The van der Waals surface area contributed by atoms with Gasteiger partial charge < -0.3 is 9.15 Å². The first-order chi connectivity index (χ1) is 7.84. The van der Waals surface area contributed by atoms with Gasteiger partial charge >= 0.3 is 12.1 Å². The molecule has 2 aromatic rings. The molecule has 0 saturated heterocycles. The molecule has 6 heteroatoms. The maximum Gasteiger partial charge on any atom is 0.431 e. The summed E-state index contributed by atoms with van der Waals surface area (Å²) in [5, 5.41) is 0. The van der Waals surface area contributed by atoms with Crippen LogP contribution >= 0.6 is 0 Å². The zero-order valence-electron chi connectivity index (χ0n) is 8.21. The molecule has 1 heterocycles. The summed E-state index contributed by atoms with van der Waals surface area (Å²) in [6, 6.07) is 8.89. The van der Waals surface area contributed by atoms with Crippen LogP contribution in [0.3, 0.4) is 0 Å². The van der Waals surface area contributed by atoms with Gasteiger partial charge in [0.15, 0.2) is 0 Å². The average molecular weight is 219 g/mol. The molecule has 0 fully saturated rings. The summed E-state index contributed by atoms with van der Waals surface area (Å²) < 4.78 is 9.77. The van der Waals surface area contributed by atoms with Crippen molar-refractivity contribution in [3.8, 4) is 5.75 Å². The highest BCUT2D eigenvalue weighted by Gasteiger charge is 2.03. The first-order valence-corrected chi connectivity index (χ1v) is 4.53. The van der Waals surface area contributed by atoms with E-state index in [1.165, 1.54) is 12.5 Å². The fourth-order valence-corrected chi connectivity index (χ4v) is 1.01. The van der Waals surface area contributed by atoms with Crippen molar-refractivity contribution < 1.29 is 13.9 Å². The minimum absolute atomic E-state index is 0.185. The summed E-state index contributed by atoms with van der Waals surface area (Å²) in [6.45, 7) is 0. The number of benzene rings is 1. The lowest BCUT2D eigenvalue weighted by Gasteiger charge is -2.05. The lowest BCUT2D eigenvalue weighted by molar-refractivity contribution is 0.202. The molecule has 1 amide bonds. The summed E-state index contributed by atoms with van der Waals surface area (Å²) in [5.74, 6) is 0.453. The van der Waals surface area contributed by atoms with Crippen LogP contribution in [0, 0.1) is 0 Å². The molecule has 0 unspecified atom stereocenters. The van der Waals surface area contributed by atoms with Gasteiger partial charge in [-0.2, -0.15) is 0 Å². The smallest absolute Gasteiger partial charge is 0.431 e. The van der Waals surface area contributed by atoms with E-state index >= 15 is 0 Å². The summed E-state index contributed by atoms with van der Waals surface area (Å²) in [6.07, 6.45) is 2.18. The van der Waals surface area contributed by atoms with E-state index < -0.39 is 6.09 Å². The zero-order chi connectivity index (χ0) is 11.2.